The molecule has 0 unspecified atom stereocenters. The Balaban J connectivity index is 2.20. The Morgan fingerprint density at radius 2 is 2.24 bits per heavy atom. The summed E-state index contributed by atoms with van der Waals surface area (Å²) in [5.74, 6) is 0.563. The van der Waals surface area contributed by atoms with E-state index in [1.54, 1.807) is 24.6 Å². The highest BCUT2D eigenvalue weighted by Crippen LogP contribution is 2.20. The van der Waals surface area contributed by atoms with E-state index in [1.807, 2.05) is 12.1 Å². The maximum atomic E-state index is 12.0. The third-order valence-electron chi connectivity index (χ3n) is 2.32. The minimum atomic E-state index is -0.0206. The zero-order valence-corrected chi connectivity index (χ0v) is 10.2. The van der Waals surface area contributed by atoms with Gasteiger partial charge in [-0.05, 0) is 12.1 Å². The SMILES string of the molecule is COc1ccccc1C(=O)Cc1csc(N)n1. The molecule has 1 aromatic carbocycles. The first kappa shape index (κ1) is 11.6. The summed E-state index contributed by atoms with van der Waals surface area (Å²) < 4.78 is 5.15. The lowest BCUT2D eigenvalue weighted by molar-refractivity contribution is 0.0989. The van der Waals surface area contributed by atoms with Crippen LogP contribution in [0.15, 0.2) is 29.6 Å². The van der Waals surface area contributed by atoms with E-state index < -0.39 is 0 Å². The van der Waals surface area contributed by atoms with Crippen molar-refractivity contribution in [1.29, 1.82) is 0 Å². The average Bonchev–Trinajstić information content (AvgIpc) is 2.74. The fourth-order valence-corrected chi connectivity index (χ4v) is 2.10. The molecule has 0 aliphatic rings. The van der Waals surface area contributed by atoms with Crippen molar-refractivity contribution in [1.82, 2.24) is 4.98 Å². The lowest BCUT2D eigenvalue weighted by atomic mass is 10.1. The topological polar surface area (TPSA) is 65.2 Å². The second-order valence-corrected chi connectivity index (χ2v) is 4.37. The standard InChI is InChI=1S/C12H12N2O2S/c1-16-11-5-3-2-4-9(11)10(15)6-8-7-17-12(13)14-8/h2-5,7H,6H2,1H3,(H2,13,14). The van der Waals surface area contributed by atoms with Gasteiger partial charge in [-0.2, -0.15) is 0 Å². The summed E-state index contributed by atoms with van der Waals surface area (Å²) in [6, 6.07) is 7.15. The molecule has 5 heteroatoms. The minimum absolute atomic E-state index is 0.0206. The fourth-order valence-electron chi connectivity index (χ4n) is 1.54. The maximum absolute atomic E-state index is 12.0. The summed E-state index contributed by atoms with van der Waals surface area (Å²) in [5.41, 5.74) is 6.79. The number of nitrogen functional groups attached to an aromatic ring is 1. The molecule has 0 amide bonds. The number of Topliss-reactive ketones (excluding diaryl/α,β-unsaturated/α-hetero) is 1. The van der Waals surface area contributed by atoms with E-state index in [1.165, 1.54) is 11.3 Å². The molecule has 88 valence electrons. The Morgan fingerprint density at radius 3 is 2.88 bits per heavy atom. The molecule has 4 nitrogen and oxygen atoms in total. The van der Waals surface area contributed by atoms with Crippen LogP contribution < -0.4 is 10.5 Å². The first-order valence-corrected chi connectivity index (χ1v) is 5.94. The predicted octanol–water partition coefficient (Wildman–Crippen LogP) is 2.16. The molecule has 0 aliphatic heterocycles. The quantitative estimate of drug-likeness (QED) is 0.842. The Morgan fingerprint density at radius 1 is 1.47 bits per heavy atom. The summed E-state index contributed by atoms with van der Waals surface area (Å²) in [6.07, 6.45) is 0.244. The van der Waals surface area contributed by atoms with Crippen LogP contribution in [-0.2, 0) is 6.42 Å². The van der Waals surface area contributed by atoms with Gasteiger partial charge < -0.3 is 10.5 Å². The van der Waals surface area contributed by atoms with Gasteiger partial charge in [0.2, 0.25) is 0 Å². The highest BCUT2D eigenvalue weighted by atomic mass is 32.1. The number of aromatic nitrogens is 1. The lowest BCUT2D eigenvalue weighted by Crippen LogP contribution is -2.06. The number of benzene rings is 1. The number of ether oxygens (including phenoxy) is 1. The van der Waals surface area contributed by atoms with Crippen LogP contribution in [0.4, 0.5) is 5.13 Å². The number of hydrogen-bond acceptors (Lipinski definition) is 5. The van der Waals surface area contributed by atoms with Crippen molar-refractivity contribution in [2.24, 2.45) is 0 Å². The van der Waals surface area contributed by atoms with Gasteiger partial charge in [0.05, 0.1) is 24.8 Å². The molecular weight excluding hydrogens is 236 g/mol. The van der Waals surface area contributed by atoms with Crippen LogP contribution in [0, 0.1) is 0 Å². The van der Waals surface area contributed by atoms with Crippen molar-refractivity contribution in [2.45, 2.75) is 6.42 Å². The molecule has 0 radical (unpaired) electrons. The Bertz CT molecular complexity index is 537. The second-order valence-electron chi connectivity index (χ2n) is 3.48. The molecular formula is C12H12N2O2S. The molecule has 0 spiro atoms. The van der Waals surface area contributed by atoms with E-state index in [0.717, 1.165) is 0 Å². The van der Waals surface area contributed by atoms with Crippen molar-refractivity contribution < 1.29 is 9.53 Å². The normalized spacial score (nSPS) is 10.2. The van der Waals surface area contributed by atoms with Gasteiger partial charge in [0.15, 0.2) is 10.9 Å². The highest BCUT2D eigenvalue weighted by molar-refractivity contribution is 7.13. The minimum Gasteiger partial charge on any atom is -0.496 e. The summed E-state index contributed by atoms with van der Waals surface area (Å²) in [6.45, 7) is 0. The molecule has 1 aromatic heterocycles. The number of anilines is 1. The number of carbonyl (C=O) groups excluding carboxylic acids is 1. The van der Waals surface area contributed by atoms with E-state index in [0.29, 0.717) is 22.1 Å². The van der Waals surface area contributed by atoms with Crippen molar-refractivity contribution in [2.75, 3.05) is 12.8 Å². The smallest absolute Gasteiger partial charge is 0.180 e. The zero-order valence-electron chi connectivity index (χ0n) is 9.34. The van der Waals surface area contributed by atoms with E-state index >= 15 is 0 Å². The number of rotatable bonds is 4. The first-order valence-electron chi connectivity index (χ1n) is 5.07. The van der Waals surface area contributed by atoms with Gasteiger partial charge in [-0.15, -0.1) is 11.3 Å². The zero-order chi connectivity index (χ0) is 12.3. The first-order chi connectivity index (χ1) is 8.20. The Hall–Kier alpha value is -1.88. The highest BCUT2D eigenvalue weighted by Gasteiger charge is 2.13. The molecule has 2 N–H and O–H groups in total. The molecule has 0 bridgehead atoms. The molecule has 0 saturated heterocycles. The number of hydrogen-bond donors (Lipinski definition) is 1. The number of carbonyl (C=O) groups is 1. The summed E-state index contributed by atoms with van der Waals surface area (Å²) in [4.78, 5) is 16.1. The molecule has 0 fully saturated rings. The summed E-state index contributed by atoms with van der Waals surface area (Å²) in [5, 5.41) is 2.27. The molecule has 0 aliphatic carbocycles. The van der Waals surface area contributed by atoms with Crippen molar-refractivity contribution in [3.8, 4) is 5.75 Å². The Kier molecular flexibility index (Phi) is 3.39. The van der Waals surface area contributed by atoms with Gasteiger partial charge in [-0.3, -0.25) is 4.79 Å². The van der Waals surface area contributed by atoms with E-state index in [-0.39, 0.29) is 12.2 Å². The fraction of sp³-hybridized carbons (Fsp3) is 0.167. The predicted molar refractivity (Wildman–Crippen MR) is 67.6 cm³/mol. The second kappa shape index (κ2) is 4.97. The van der Waals surface area contributed by atoms with E-state index in [4.69, 9.17) is 10.5 Å². The van der Waals surface area contributed by atoms with Crippen LogP contribution in [0.5, 0.6) is 5.75 Å². The van der Waals surface area contributed by atoms with E-state index in [2.05, 4.69) is 4.98 Å². The van der Waals surface area contributed by atoms with Crippen molar-refractivity contribution in [3.05, 3.63) is 40.9 Å². The average molecular weight is 248 g/mol. The van der Waals surface area contributed by atoms with Crippen LogP contribution in [0.3, 0.4) is 0 Å². The number of nitrogens with zero attached hydrogens (tertiary/aromatic N) is 1. The van der Waals surface area contributed by atoms with Gasteiger partial charge in [0.1, 0.15) is 5.75 Å². The number of ketones is 1. The molecule has 2 aromatic rings. The van der Waals surface area contributed by atoms with Crippen LogP contribution in [-0.4, -0.2) is 17.9 Å². The van der Waals surface area contributed by atoms with Gasteiger partial charge >= 0.3 is 0 Å². The van der Waals surface area contributed by atoms with Crippen LogP contribution >= 0.6 is 11.3 Å². The number of nitrogens with two attached hydrogens (primary N) is 1. The molecule has 0 saturated carbocycles. The summed E-state index contributed by atoms with van der Waals surface area (Å²) in [7, 11) is 1.55. The third kappa shape index (κ3) is 2.62. The third-order valence-corrected chi connectivity index (χ3v) is 3.04. The number of methoxy groups -OCH3 is 1. The Labute approximate surface area is 103 Å². The van der Waals surface area contributed by atoms with Gasteiger partial charge in [-0.1, -0.05) is 12.1 Å². The molecule has 0 atom stereocenters. The monoisotopic (exact) mass is 248 g/mol. The number of thiazole rings is 1. The maximum Gasteiger partial charge on any atom is 0.180 e. The number of para-hydroxylation sites is 1. The lowest BCUT2D eigenvalue weighted by Gasteiger charge is -2.05. The van der Waals surface area contributed by atoms with Crippen LogP contribution in [0.2, 0.25) is 0 Å². The van der Waals surface area contributed by atoms with Crippen LogP contribution in [0.25, 0.3) is 0 Å². The molecule has 17 heavy (non-hydrogen) atoms. The molecule has 1 heterocycles. The summed E-state index contributed by atoms with van der Waals surface area (Å²) >= 11 is 1.33. The van der Waals surface area contributed by atoms with Crippen molar-refractivity contribution >= 4 is 22.3 Å². The van der Waals surface area contributed by atoms with Gasteiger partial charge in [-0.25, -0.2) is 4.98 Å². The van der Waals surface area contributed by atoms with Crippen molar-refractivity contribution in [3.63, 3.8) is 0 Å². The van der Waals surface area contributed by atoms with Crippen LogP contribution in [0.1, 0.15) is 16.1 Å². The largest absolute Gasteiger partial charge is 0.496 e. The van der Waals surface area contributed by atoms with E-state index in [9.17, 15) is 4.79 Å². The van der Waals surface area contributed by atoms with Gasteiger partial charge in [0.25, 0.3) is 0 Å². The molecule has 2 rings (SSSR count). The van der Waals surface area contributed by atoms with Gasteiger partial charge in [0, 0.05) is 5.38 Å².